The number of hydrogen-bond acceptors (Lipinski definition) is 12. The first-order valence-corrected chi connectivity index (χ1v) is 14.0. The Kier molecular flexibility index (Phi) is 7.96. The van der Waals surface area contributed by atoms with Crippen molar-refractivity contribution in [1.29, 1.82) is 0 Å². The summed E-state index contributed by atoms with van der Waals surface area (Å²) in [5.74, 6) is 0. The number of nitrogens with zero attached hydrogens (tertiary/aromatic N) is 2. The monoisotopic (exact) mass is 584 g/mol. The van der Waals surface area contributed by atoms with E-state index in [2.05, 4.69) is 9.97 Å². The van der Waals surface area contributed by atoms with E-state index in [0.29, 0.717) is 0 Å². The van der Waals surface area contributed by atoms with E-state index in [1.54, 1.807) is 0 Å². The third-order valence-electron chi connectivity index (χ3n) is 6.90. The molecule has 2 saturated heterocycles. The topological polar surface area (TPSA) is 213 Å². The van der Waals surface area contributed by atoms with Crippen LogP contribution in [0.3, 0.4) is 0 Å². The SMILES string of the molecule is Cc1cn([C@H]2C[C@H](O)[C@@H]([C@H]3C=CCOP(=O)(O[C@H]4C[C@H](n5cc(C)c(=O)[nH]c5=O)O[C@@H]4CO)O3)O2)c(=O)[nH]c1=O. The molecule has 0 saturated carbocycles. The van der Waals surface area contributed by atoms with Crippen molar-refractivity contribution in [2.45, 2.75) is 69.7 Å². The maximum absolute atomic E-state index is 13.6. The molecule has 4 N–H and O–H groups in total. The average Bonchev–Trinajstić information content (AvgIpc) is 3.42. The van der Waals surface area contributed by atoms with Crippen molar-refractivity contribution in [2.24, 2.45) is 0 Å². The molecule has 2 fully saturated rings. The first-order chi connectivity index (χ1) is 19.0. The summed E-state index contributed by atoms with van der Waals surface area (Å²) in [5, 5.41) is 20.6. The number of rotatable bonds is 6. The van der Waals surface area contributed by atoms with Crippen LogP contribution in [0.2, 0.25) is 0 Å². The molecule has 2 aromatic rings. The Morgan fingerprint density at radius 3 is 2.20 bits per heavy atom. The Morgan fingerprint density at radius 1 is 1.00 bits per heavy atom. The molecular weight excluding hydrogens is 555 g/mol. The Labute approximate surface area is 225 Å². The van der Waals surface area contributed by atoms with Gasteiger partial charge in [-0.1, -0.05) is 12.2 Å². The molecule has 5 rings (SSSR count). The molecule has 218 valence electrons. The van der Waals surface area contributed by atoms with Gasteiger partial charge in [0, 0.05) is 36.4 Å². The van der Waals surface area contributed by atoms with Crippen LogP contribution in [0.4, 0.5) is 0 Å². The van der Waals surface area contributed by atoms with Crippen molar-refractivity contribution in [3.8, 4) is 0 Å². The van der Waals surface area contributed by atoms with Crippen molar-refractivity contribution in [3.05, 3.63) is 77.3 Å². The molecule has 0 radical (unpaired) electrons. The van der Waals surface area contributed by atoms with Gasteiger partial charge in [-0.3, -0.25) is 42.3 Å². The standard InChI is InChI=1S/C23H29N4O12P/c1-11-8-26(22(32)24-20(11)30)17-6-13(29)19(37-17)14-4-3-5-35-40(34,38-14)39-15-7-18(36-16(15)10-28)27-9-12(2)21(31)25-23(27)33/h3-4,8-9,13-19,28-29H,5-7,10H2,1-2H3,(H,24,30,32)(H,25,31,33)/t13-,14+,15-,16+,17+,18+,19-,40?/m0/s1. The number of H-pyrrole nitrogens is 2. The molecule has 16 nitrogen and oxygen atoms in total. The summed E-state index contributed by atoms with van der Waals surface area (Å²) in [7, 11) is -4.36. The summed E-state index contributed by atoms with van der Waals surface area (Å²) >= 11 is 0. The molecule has 3 aliphatic rings. The highest BCUT2D eigenvalue weighted by atomic mass is 31.2. The van der Waals surface area contributed by atoms with Crippen molar-refractivity contribution < 1.29 is 37.8 Å². The lowest BCUT2D eigenvalue weighted by Crippen LogP contribution is -2.36. The minimum absolute atomic E-state index is 0.0200. The average molecular weight is 584 g/mol. The number of aliphatic hydroxyl groups is 2. The second-order valence-electron chi connectivity index (χ2n) is 9.75. The van der Waals surface area contributed by atoms with Gasteiger partial charge in [-0.05, 0) is 13.8 Å². The smallest absolute Gasteiger partial charge is 0.394 e. The lowest BCUT2D eigenvalue weighted by Gasteiger charge is -2.27. The van der Waals surface area contributed by atoms with Crippen molar-refractivity contribution in [1.82, 2.24) is 19.1 Å². The van der Waals surface area contributed by atoms with E-state index in [4.69, 9.17) is 23.0 Å². The van der Waals surface area contributed by atoms with Crippen LogP contribution >= 0.6 is 7.82 Å². The van der Waals surface area contributed by atoms with E-state index in [1.807, 2.05) is 0 Å². The molecular formula is C23H29N4O12P. The van der Waals surface area contributed by atoms with Crippen LogP contribution in [0.1, 0.15) is 36.4 Å². The van der Waals surface area contributed by atoms with Gasteiger partial charge in [-0.15, -0.1) is 0 Å². The summed E-state index contributed by atoms with van der Waals surface area (Å²) in [4.78, 5) is 52.4. The largest absolute Gasteiger partial charge is 0.476 e. The molecule has 3 aliphatic heterocycles. The fourth-order valence-electron chi connectivity index (χ4n) is 4.82. The maximum atomic E-state index is 13.6. The first kappa shape index (κ1) is 28.6. The van der Waals surface area contributed by atoms with E-state index in [0.717, 1.165) is 9.13 Å². The van der Waals surface area contributed by atoms with Crippen LogP contribution in [-0.4, -0.2) is 73.0 Å². The Morgan fingerprint density at radius 2 is 1.60 bits per heavy atom. The van der Waals surface area contributed by atoms with Crippen LogP contribution in [0.5, 0.6) is 0 Å². The van der Waals surface area contributed by atoms with E-state index >= 15 is 0 Å². The number of ether oxygens (including phenoxy) is 2. The summed E-state index contributed by atoms with van der Waals surface area (Å²) in [5.41, 5.74) is -2.00. The molecule has 17 heteroatoms. The van der Waals surface area contributed by atoms with Crippen LogP contribution in [0, 0.1) is 13.8 Å². The molecule has 2 aromatic heterocycles. The lowest BCUT2D eigenvalue weighted by atomic mass is 10.1. The number of phosphoric ester groups is 1. The quantitative estimate of drug-likeness (QED) is 0.240. The van der Waals surface area contributed by atoms with Gasteiger partial charge in [0.2, 0.25) is 0 Å². The lowest BCUT2D eigenvalue weighted by molar-refractivity contribution is -0.0748. The second-order valence-corrected chi connectivity index (χ2v) is 11.3. The Bertz CT molecular complexity index is 1580. The third kappa shape index (κ3) is 5.62. The van der Waals surface area contributed by atoms with Crippen LogP contribution in [0.25, 0.3) is 0 Å². The highest BCUT2D eigenvalue weighted by molar-refractivity contribution is 7.48. The zero-order valence-corrected chi connectivity index (χ0v) is 22.4. The first-order valence-electron chi connectivity index (χ1n) is 12.5. The van der Waals surface area contributed by atoms with Crippen molar-refractivity contribution in [3.63, 3.8) is 0 Å². The van der Waals surface area contributed by atoms with Crippen LogP contribution < -0.4 is 22.5 Å². The minimum atomic E-state index is -4.36. The Balaban J connectivity index is 1.32. The zero-order chi connectivity index (χ0) is 28.8. The number of aromatic amines is 2. The summed E-state index contributed by atoms with van der Waals surface area (Å²) in [6, 6.07) is 0. The fourth-order valence-corrected chi connectivity index (χ4v) is 6.30. The van der Waals surface area contributed by atoms with Crippen molar-refractivity contribution >= 4 is 7.82 Å². The second kappa shape index (κ2) is 11.1. The van der Waals surface area contributed by atoms with E-state index in [-0.39, 0.29) is 30.6 Å². The molecule has 40 heavy (non-hydrogen) atoms. The highest BCUT2D eigenvalue weighted by Gasteiger charge is 2.47. The summed E-state index contributed by atoms with van der Waals surface area (Å²) in [6.07, 6.45) is -1.71. The number of aromatic nitrogens is 4. The number of aliphatic hydroxyl groups excluding tert-OH is 2. The number of phosphoric acid groups is 1. The zero-order valence-electron chi connectivity index (χ0n) is 21.5. The van der Waals surface area contributed by atoms with Crippen LogP contribution in [-0.2, 0) is 27.6 Å². The number of hydrogen-bond donors (Lipinski definition) is 4. The van der Waals surface area contributed by atoms with E-state index < -0.39 is 79.9 Å². The van der Waals surface area contributed by atoms with Gasteiger partial charge in [-0.25, -0.2) is 14.2 Å². The third-order valence-corrected chi connectivity index (χ3v) is 8.40. The Hall–Kier alpha value is -2.95. The molecule has 0 spiro atoms. The fraction of sp³-hybridized carbons (Fsp3) is 0.565. The highest BCUT2D eigenvalue weighted by Crippen LogP contribution is 2.56. The van der Waals surface area contributed by atoms with Crippen LogP contribution in [0.15, 0.2) is 43.7 Å². The van der Waals surface area contributed by atoms with Crippen molar-refractivity contribution in [2.75, 3.05) is 13.2 Å². The minimum Gasteiger partial charge on any atom is -0.394 e. The van der Waals surface area contributed by atoms with Gasteiger partial charge >= 0.3 is 19.2 Å². The number of aryl methyl sites for hydroxylation is 2. The number of nitrogens with one attached hydrogen (secondary N) is 2. The maximum Gasteiger partial charge on any atom is 0.476 e. The molecule has 1 unspecified atom stereocenters. The summed E-state index contributed by atoms with van der Waals surface area (Å²) < 4.78 is 44.4. The molecule has 8 atom stereocenters. The molecule has 0 aromatic carbocycles. The summed E-state index contributed by atoms with van der Waals surface area (Å²) in [6.45, 7) is 2.32. The van der Waals surface area contributed by atoms with Gasteiger partial charge in [0.25, 0.3) is 11.1 Å². The molecule has 5 heterocycles. The predicted octanol–water partition coefficient (Wildman–Crippen LogP) is -0.903. The van der Waals surface area contributed by atoms with E-state index in [9.17, 15) is 34.0 Å². The van der Waals surface area contributed by atoms with Gasteiger partial charge in [0.1, 0.15) is 36.9 Å². The van der Waals surface area contributed by atoms with Gasteiger partial charge in [0.15, 0.2) is 0 Å². The molecule has 0 aliphatic carbocycles. The normalized spacial score (nSPS) is 34.2. The van der Waals surface area contributed by atoms with Gasteiger partial charge in [0.05, 0.1) is 19.3 Å². The molecule has 0 bridgehead atoms. The van der Waals surface area contributed by atoms with Gasteiger partial charge < -0.3 is 19.7 Å². The predicted molar refractivity (Wildman–Crippen MR) is 135 cm³/mol. The molecule has 0 amide bonds. The van der Waals surface area contributed by atoms with E-state index in [1.165, 1.54) is 38.4 Å². The van der Waals surface area contributed by atoms with Gasteiger partial charge in [-0.2, -0.15) is 0 Å².